The molecule has 54 heavy (non-hydrogen) atoms. The van der Waals surface area contributed by atoms with Crippen LogP contribution >= 0.6 is 0 Å². The highest BCUT2D eigenvalue weighted by molar-refractivity contribution is 5.92. The van der Waals surface area contributed by atoms with E-state index in [0.717, 1.165) is 21.9 Å². The zero-order valence-electron chi connectivity index (χ0n) is 29.7. The van der Waals surface area contributed by atoms with Crippen molar-refractivity contribution < 1.29 is 10.2 Å². The number of benzene rings is 6. The molecule has 0 fully saturated rings. The molecule has 0 radical (unpaired) electrons. The van der Waals surface area contributed by atoms with E-state index in [1.165, 1.54) is 9.13 Å². The van der Waals surface area contributed by atoms with Crippen molar-refractivity contribution in [1.82, 2.24) is 19.1 Å². The van der Waals surface area contributed by atoms with Crippen molar-refractivity contribution in [3.63, 3.8) is 0 Å². The van der Waals surface area contributed by atoms with Crippen molar-refractivity contribution in [3.05, 3.63) is 212 Å². The predicted octanol–water partition coefficient (Wildman–Crippen LogP) is 9.50. The first-order valence-corrected chi connectivity index (χ1v) is 17.4. The fraction of sp³-hybridized carbons (Fsp3) is 0.0435. The summed E-state index contributed by atoms with van der Waals surface area (Å²) in [6.07, 6.45) is 3.26. The summed E-state index contributed by atoms with van der Waals surface area (Å²) in [6, 6.07) is 48.7. The van der Waals surface area contributed by atoms with E-state index in [-0.39, 0.29) is 22.9 Å². The summed E-state index contributed by atoms with van der Waals surface area (Å²) < 4.78 is 3.04. The van der Waals surface area contributed by atoms with Crippen molar-refractivity contribution in [3.8, 4) is 11.4 Å². The number of hydrogen-bond acceptors (Lipinski definition) is 6. The second-order valence-electron chi connectivity index (χ2n) is 12.7. The minimum absolute atomic E-state index is 0.0930. The van der Waals surface area contributed by atoms with Gasteiger partial charge in [-0.3, -0.25) is 9.13 Å². The van der Waals surface area contributed by atoms with Crippen LogP contribution in [0.15, 0.2) is 167 Å². The second-order valence-corrected chi connectivity index (χ2v) is 12.7. The van der Waals surface area contributed by atoms with Crippen LogP contribution in [0.5, 0.6) is 0 Å². The second kappa shape index (κ2) is 15.5. The summed E-state index contributed by atoms with van der Waals surface area (Å²) in [5, 5.41) is 23.0. The van der Waals surface area contributed by atoms with Crippen LogP contribution < -0.4 is 11.4 Å². The van der Waals surface area contributed by atoms with Crippen molar-refractivity contribution in [2.24, 2.45) is 0 Å². The van der Waals surface area contributed by atoms with Gasteiger partial charge in [-0.2, -0.15) is 9.97 Å². The molecule has 0 amide bonds. The summed E-state index contributed by atoms with van der Waals surface area (Å²) in [4.78, 5) is 33.9. The van der Waals surface area contributed by atoms with E-state index < -0.39 is 0 Å². The van der Waals surface area contributed by atoms with Gasteiger partial charge in [-0.15, -0.1) is 0 Å². The van der Waals surface area contributed by atoms with Gasteiger partial charge in [-0.05, 0) is 50.2 Å². The molecular weight excluding hydrogens is 673 g/mol. The summed E-state index contributed by atoms with van der Waals surface area (Å²) in [5.74, 6) is 0.186. The van der Waals surface area contributed by atoms with Crippen molar-refractivity contribution in [2.45, 2.75) is 13.8 Å². The largest absolute Gasteiger partial charge is 0.507 e. The first kappa shape index (κ1) is 35.1. The summed E-state index contributed by atoms with van der Waals surface area (Å²) in [5.41, 5.74) is 6.60. The van der Waals surface area contributed by atoms with Gasteiger partial charge in [0.05, 0.1) is 33.8 Å². The average Bonchev–Trinajstić information content (AvgIpc) is 3.19. The maximum absolute atomic E-state index is 12.8. The minimum Gasteiger partial charge on any atom is -0.507 e. The van der Waals surface area contributed by atoms with E-state index in [1.807, 2.05) is 159 Å². The van der Waals surface area contributed by atoms with Gasteiger partial charge in [-0.25, -0.2) is 9.59 Å². The summed E-state index contributed by atoms with van der Waals surface area (Å²) in [6.45, 7) is 3.99. The zero-order chi connectivity index (χ0) is 37.6. The maximum atomic E-state index is 12.8. The van der Waals surface area contributed by atoms with Crippen LogP contribution in [0.1, 0.15) is 33.6 Å². The molecule has 264 valence electrons. The number of rotatable bonds is 6. The highest BCUT2D eigenvalue weighted by atomic mass is 16.3. The lowest BCUT2D eigenvalue weighted by atomic mass is 10.1. The Balaban J connectivity index is 0.000000167. The standard InChI is InChI=1S/2C23H18N2O2/c2*1-16-11-13-17(14-12-16)22(26)15-21-19-9-5-6-10-20(19)24-23(27)25(21)18-7-3-2-4-8-18/h2*2-15,26H,1H3/b22-15+;22-15-. The first-order valence-electron chi connectivity index (χ1n) is 17.4. The van der Waals surface area contributed by atoms with Gasteiger partial charge in [0.1, 0.15) is 11.5 Å². The van der Waals surface area contributed by atoms with Crippen molar-refractivity contribution in [2.75, 3.05) is 0 Å². The average molecular weight is 709 g/mol. The first-order chi connectivity index (χ1) is 26.3. The van der Waals surface area contributed by atoms with Crippen LogP contribution in [-0.4, -0.2) is 29.3 Å². The Labute approximate surface area is 311 Å². The Kier molecular flexibility index (Phi) is 10.1. The number of nitrogens with zero attached hydrogens (tertiary/aromatic N) is 4. The van der Waals surface area contributed by atoms with Crippen LogP contribution in [-0.2, 0) is 0 Å². The van der Waals surface area contributed by atoms with Gasteiger partial charge < -0.3 is 10.2 Å². The Morgan fingerprint density at radius 3 is 1.17 bits per heavy atom. The van der Waals surface area contributed by atoms with Crippen LogP contribution in [0, 0.1) is 13.8 Å². The molecule has 2 N–H and O–H groups in total. The smallest absolute Gasteiger partial charge is 0.353 e. The molecule has 2 heterocycles. The van der Waals surface area contributed by atoms with Crippen LogP contribution in [0.3, 0.4) is 0 Å². The third-order valence-electron chi connectivity index (χ3n) is 8.93. The van der Waals surface area contributed by atoms with Gasteiger partial charge in [-0.1, -0.05) is 132 Å². The SMILES string of the molecule is Cc1ccc(/C(O)=C/c2c3ccccc3nc(=O)n2-c2ccccc2)cc1.Cc1ccc(/C(O)=C\c2c3ccccc3nc(=O)n2-c2ccccc2)cc1. The molecular formula is C46H36N4O4. The molecule has 6 aromatic carbocycles. The molecule has 0 atom stereocenters. The predicted molar refractivity (Wildman–Crippen MR) is 218 cm³/mol. The minimum atomic E-state index is -0.386. The normalized spacial score (nSPS) is 11.7. The highest BCUT2D eigenvalue weighted by Gasteiger charge is 2.14. The lowest BCUT2D eigenvalue weighted by Crippen LogP contribution is -2.23. The third-order valence-corrected chi connectivity index (χ3v) is 8.93. The maximum Gasteiger partial charge on any atom is 0.353 e. The third kappa shape index (κ3) is 7.49. The van der Waals surface area contributed by atoms with E-state index >= 15 is 0 Å². The number of fused-ring (bicyclic) bond motifs is 2. The summed E-state index contributed by atoms with van der Waals surface area (Å²) in [7, 11) is 0. The van der Waals surface area contributed by atoms with Gasteiger partial charge in [0.2, 0.25) is 0 Å². The molecule has 8 nitrogen and oxygen atoms in total. The number of aliphatic hydroxyl groups is 2. The molecule has 0 aliphatic heterocycles. The van der Waals surface area contributed by atoms with Crippen molar-refractivity contribution >= 4 is 45.5 Å². The van der Waals surface area contributed by atoms with Gasteiger partial charge in [0.25, 0.3) is 0 Å². The molecule has 0 aliphatic rings. The van der Waals surface area contributed by atoms with Gasteiger partial charge in [0.15, 0.2) is 0 Å². The van der Waals surface area contributed by atoms with Crippen molar-refractivity contribution in [1.29, 1.82) is 0 Å². The zero-order valence-corrected chi connectivity index (χ0v) is 29.7. The quantitative estimate of drug-likeness (QED) is 0.167. The molecule has 0 spiro atoms. The van der Waals surface area contributed by atoms with E-state index in [1.54, 1.807) is 24.3 Å². The Morgan fingerprint density at radius 2 is 0.796 bits per heavy atom. The highest BCUT2D eigenvalue weighted by Crippen LogP contribution is 2.25. The molecule has 0 saturated carbocycles. The molecule has 0 aliphatic carbocycles. The molecule has 0 saturated heterocycles. The number of para-hydroxylation sites is 4. The number of aliphatic hydroxyl groups excluding tert-OH is 2. The molecule has 0 bridgehead atoms. The fourth-order valence-electron chi connectivity index (χ4n) is 6.14. The Hall–Kier alpha value is -7.32. The molecule has 8 rings (SSSR count). The molecule has 8 heteroatoms. The van der Waals surface area contributed by atoms with E-state index in [2.05, 4.69) is 9.97 Å². The van der Waals surface area contributed by atoms with Crippen LogP contribution in [0.4, 0.5) is 0 Å². The molecule has 0 unspecified atom stereocenters. The lowest BCUT2D eigenvalue weighted by Gasteiger charge is -2.13. The molecule has 8 aromatic rings. The van der Waals surface area contributed by atoms with Crippen LogP contribution in [0.2, 0.25) is 0 Å². The van der Waals surface area contributed by atoms with E-state index in [0.29, 0.717) is 44.9 Å². The number of aryl methyl sites for hydroxylation is 2. The number of hydrogen-bond donors (Lipinski definition) is 2. The lowest BCUT2D eigenvalue weighted by molar-refractivity contribution is 0.514. The molecule has 2 aromatic heterocycles. The number of aromatic nitrogens is 4. The van der Waals surface area contributed by atoms with Crippen LogP contribution in [0.25, 0.3) is 56.9 Å². The van der Waals surface area contributed by atoms with Gasteiger partial charge in [0, 0.05) is 34.1 Å². The fourth-order valence-corrected chi connectivity index (χ4v) is 6.14. The Bertz CT molecular complexity index is 2580. The topological polar surface area (TPSA) is 110 Å². The van der Waals surface area contributed by atoms with Gasteiger partial charge >= 0.3 is 11.4 Å². The van der Waals surface area contributed by atoms with E-state index in [4.69, 9.17) is 0 Å². The monoisotopic (exact) mass is 708 g/mol. The van der Waals surface area contributed by atoms with E-state index in [9.17, 15) is 19.8 Å². The summed E-state index contributed by atoms with van der Waals surface area (Å²) >= 11 is 0. The Morgan fingerprint density at radius 1 is 0.463 bits per heavy atom.